The van der Waals surface area contributed by atoms with Crippen molar-refractivity contribution in [3.05, 3.63) is 30.1 Å². The lowest BCUT2D eigenvalue weighted by atomic mass is 10.2. The van der Waals surface area contributed by atoms with E-state index in [2.05, 4.69) is 15.8 Å². The summed E-state index contributed by atoms with van der Waals surface area (Å²) in [5.74, 6) is -1.05. The van der Waals surface area contributed by atoms with Crippen molar-refractivity contribution >= 4 is 23.2 Å². The minimum absolute atomic E-state index is 0.0115. The largest absolute Gasteiger partial charge is 0.323 e. The summed E-state index contributed by atoms with van der Waals surface area (Å²) in [5.41, 5.74) is 2.97. The number of carbonyl (C=O) groups is 2. The fraction of sp³-hybridized carbons (Fsp3) is 0.400. The van der Waals surface area contributed by atoms with Crippen LogP contribution in [0.15, 0.2) is 29.4 Å². The normalized spacial score (nSPS) is 11.1. The molecule has 0 aliphatic rings. The number of nitrogens with zero attached hydrogens (tertiary/aromatic N) is 1. The molecule has 1 aromatic rings. The van der Waals surface area contributed by atoms with Gasteiger partial charge in [0.1, 0.15) is 5.82 Å². The molecule has 0 aromatic heterocycles. The van der Waals surface area contributed by atoms with Gasteiger partial charge in [0.2, 0.25) is 11.8 Å². The van der Waals surface area contributed by atoms with Crippen molar-refractivity contribution < 1.29 is 14.0 Å². The lowest BCUT2D eigenvalue weighted by molar-refractivity contribution is -0.121. The van der Waals surface area contributed by atoms with Crippen molar-refractivity contribution in [1.82, 2.24) is 5.43 Å². The van der Waals surface area contributed by atoms with Crippen molar-refractivity contribution in [1.29, 1.82) is 0 Å². The Hall–Kier alpha value is -2.24. The summed E-state index contributed by atoms with van der Waals surface area (Å²) < 4.78 is 13.4. The number of halogens is 1. The highest BCUT2D eigenvalue weighted by atomic mass is 19.1. The smallest absolute Gasteiger partial charge is 0.240 e. The fourth-order valence-electron chi connectivity index (χ4n) is 1.58. The summed E-state index contributed by atoms with van der Waals surface area (Å²) in [6.07, 6.45) is 2.13. The third-order valence-electron chi connectivity index (χ3n) is 2.69. The summed E-state index contributed by atoms with van der Waals surface area (Å²) in [6, 6.07) is 5.92. The molecular weight excluding hydrogens is 273 g/mol. The molecule has 0 saturated heterocycles. The van der Waals surface area contributed by atoms with E-state index in [1.807, 2.05) is 6.92 Å². The highest BCUT2D eigenvalue weighted by Crippen LogP contribution is 2.12. The maximum Gasteiger partial charge on any atom is 0.240 e. The summed E-state index contributed by atoms with van der Waals surface area (Å²) in [5, 5.41) is 6.30. The predicted octanol–water partition coefficient (Wildman–Crippen LogP) is 2.84. The fourth-order valence-corrected chi connectivity index (χ4v) is 1.58. The van der Waals surface area contributed by atoms with Crippen LogP contribution >= 0.6 is 0 Å². The molecule has 2 amide bonds. The lowest BCUT2D eigenvalue weighted by Gasteiger charge is -2.06. The molecule has 21 heavy (non-hydrogen) atoms. The summed E-state index contributed by atoms with van der Waals surface area (Å²) in [7, 11) is 0. The van der Waals surface area contributed by atoms with E-state index in [9.17, 15) is 14.0 Å². The topological polar surface area (TPSA) is 70.6 Å². The molecule has 114 valence electrons. The van der Waals surface area contributed by atoms with Gasteiger partial charge in [-0.25, -0.2) is 9.82 Å². The van der Waals surface area contributed by atoms with E-state index < -0.39 is 5.82 Å². The van der Waals surface area contributed by atoms with Gasteiger partial charge in [-0.05, 0) is 25.5 Å². The zero-order chi connectivity index (χ0) is 15.7. The van der Waals surface area contributed by atoms with E-state index in [0.717, 1.165) is 12.8 Å². The molecule has 6 heteroatoms. The molecule has 0 saturated carbocycles. The zero-order valence-corrected chi connectivity index (χ0v) is 12.3. The summed E-state index contributed by atoms with van der Waals surface area (Å²) in [6.45, 7) is 3.62. The second kappa shape index (κ2) is 8.84. The number of carbonyl (C=O) groups excluding carboxylic acids is 2. The SMILES string of the molecule is CCCCC(=O)N/N=C(/C)CC(=O)Nc1ccccc1F. The minimum atomic E-state index is -0.492. The van der Waals surface area contributed by atoms with Crippen molar-refractivity contribution in [2.45, 2.75) is 39.5 Å². The Morgan fingerprint density at radius 1 is 1.24 bits per heavy atom. The van der Waals surface area contributed by atoms with E-state index >= 15 is 0 Å². The molecule has 5 nitrogen and oxygen atoms in total. The molecule has 1 rings (SSSR count). The number of nitrogens with one attached hydrogen (secondary N) is 2. The number of para-hydroxylation sites is 1. The molecule has 2 N–H and O–H groups in total. The summed E-state index contributed by atoms with van der Waals surface area (Å²) >= 11 is 0. The van der Waals surface area contributed by atoms with Crippen molar-refractivity contribution in [3.63, 3.8) is 0 Å². The number of hydrogen-bond donors (Lipinski definition) is 2. The van der Waals surface area contributed by atoms with Crippen molar-refractivity contribution in [3.8, 4) is 0 Å². The van der Waals surface area contributed by atoms with Crippen LogP contribution in [0.25, 0.3) is 0 Å². The zero-order valence-electron chi connectivity index (χ0n) is 12.3. The van der Waals surface area contributed by atoms with E-state index in [1.165, 1.54) is 12.1 Å². The molecule has 0 unspecified atom stereocenters. The van der Waals surface area contributed by atoms with E-state index in [-0.39, 0.29) is 23.9 Å². The maximum atomic E-state index is 13.4. The summed E-state index contributed by atoms with van der Waals surface area (Å²) in [4.78, 5) is 23.1. The van der Waals surface area contributed by atoms with E-state index in [0.29, 0.717) is 12.1 Å². The Labute approximate surface area is 123 Å². The number of anilines is 1. The highest BCUT2D eigenvalue weighted by Gasteiger charge is 2.08. The Kier molecular flexibility index (Phi) is 7.08. The molecule has 0 aliphatic heterocycles. The van der Waals surface area contributed by atoms with Gasteiger partial charge in [-0.2, -0.15) is 5.10 Å². The number of hydrogen-bond acceptors (Lipinski definition) is 3. The number of rotatable bonds is 7. The lowest BCUT2D eigenvalue weighted by Crippen LogP contribution is -2.21. The van der Waals surface area contributed by atoms with Gasteiger partial charge in [0.25, 0.3) is 0 Å². The van der Waals surface area contributed by atoms with E-state index in [4.69, 9.17) is 0 Å². The number of hydrazone groups is 1. The molecule has 0 spiro atoms. The van der Waals surface area contributed by atoms with Gasteiger partial charge < -0.3 is 5.32 Å². The first-order valence-electron chi connectivity index (χ1n) is 6.89. The van der Waals surface area contributed by atoms with Crippen LogP contribution in [0.2, 0.25) is 0 Å². The molecule has 0 atom stereocenters. The molecule has 0 fully saturated rings. The molecule has 0 bridgehead atoms. The monoisotopic (exact) mass is 293 g/mol. The number of benzene rings is 1. The molecular formula is C15H20FN3O2. The number of amides is 2. The minimum Gasteiger partial charge on any atom is -0.323 e. The molecule has 0 radical (unpaired) electrons. The molecule has 0 aliphatic carbocycles. The van der Waals surface area contributed by atoms with Crippen LogP contribution in [-0.4, -0.2) is 17.5 Å². The number of unbranched alkanes of at least 4 members (excludes halogenated alkanes) is 1. The Morgan fingerprint density at radius 3 is 2.62 bits per heavy atom. The van der Waals surface area contributed by atoms with Crippen molar-refractivity contribution in [2.75, 3.05) is 5.32 Å². The van der Waals surface area contributed by atoms with E-state index in [1.54, 1.807) is 19.1 Å². The van der Waals surface area contributed by atoms with Gasteiger partial charge in [0, 0.05) is 12.1 Å². The Balaban J connectivity index is 2.43. The van der Waals surface area contributed by atoms with Crippen LogP contribution in [0, 0.1) is 5.82 Å². The Morgan fingerprint density at radius 2 is 1.95 bits per heavy atom. The van der Waals surface area contributed by atoms with Crippen LogP contribution in [0.1, 0.15) is 39.5 Å². The first-order chi connectivity index (χ1) is 10.0. The average Bonchev–Trinajstić information content (AvgIpc) is 2.45. The Bertz CT molecular complexity index is 529. The third kappa shape index (κ3) is 6.65. The van der Waals surface area contributed by atoms with Gasteiger partial charge in [-0.1, -0.05) is 25.5 Å². The van der Waals surface area contributed by atoms with Crippen LogP contribution in [0.5, 0.6) is 0 Å². The van der Waals surface area contributed by atoms with Crippen LogP contribution < -0.4 is 10.7 Å². The van der Waals surface area contributed by atoms with Crippen LogP contribution in [0.4, 0.5) is 10.1 Å². The van der Waals surface area contributed by atoms with Gasteiger partial charge in [-0.15, -0.1) is 0 Å². The van der Waals surface area contributed by atoms with Crippen molar-refractivity contribution in [2.24, 2.45) is 5.10 Å². The second-order valence-corrected chi connectivity index (χ2v) is 4.69. The molecule has 1 aromatic carbocycles. The first kappa shape index (κ1) is 16.8. The average molecular weight is 293 g/mol. The maximum absolute atomic E-state index is 13.4. The van der Waals surface area contributed by atoms with Gasteiger partial charge in [0.15, 0.2) is 0 Å². The standard InChI is InChI=1S/C15H20FN3O2/c1-3-4-9-14(20)19-18-11(2)10-15(21)17-13-8-6-5-7-12(13)16/h5-8H,3-4,9-10H2,1-2H3,(H,17,21)(H,19,20)/b18-11-. The van der Waals surface area contributed by atoms with Crippen LogP contribution in [-0.2, 0) is 9.59 Å². The predicted molar refractivity (Wildman–Crippen MR) is 80.4 cm³/mol. The first-order valence-corrected chi connectivity index (χ1v) is 6.89. The molecule has 0 heterocycles. The third-order valence-corrected chi connectivity index (χ3v) is 2.69. The van der Waals surface area contributed by atoms with Gasteiger partial charge >= 0.3 is 0 Å². The second-order valence-electron chi connectivity index (χ2n) is 4.69. The quantitative estimate of drug-likeness (QED) is 0.599. The van der Waals surface area contributed by atoms with Gasteiger partial charge in [-0.3, -0.25) is 9.59 Å². The van der Waals surface area contributed by atoms with Gasteiger partial charge in [0.05, 0.1) is 12.1 Å². The highest BCUT2D eigenvalue weighted by molar-refractivity contribution is 6.05. The van der Waals surface area contributed by atoms with Crippen LogP contribution in [0.3, 0.4) is 0 Å².